The number of phenols is 1. The first-order chi connectivity index (χ1) is 9.47. The zero-order chi connectivity index (χ0) is 14.7. The van der Waals surface area contributed by atoms with Crippen molar-refractivity contribution in [2.45, 2.75) is 20.0 Å². The van der Waals surface area contributed by atoms with Gasteiger partial charge < -0.3 is 15.5 Å². The summed E-state index contributed by atoms with van der Waals surface area (Å²) in [7, 11) is 0. The van der Waals surface area contributed by atoms with E-state index >= 15 is 0 Å². The van der Waals surface area contributed by atoms with Crippen LogP contribution >= 0.6 is 0 Å². The maximum Gasteiger partial charge on any atom is 0.255 e. The van der Waals surface area contributed by atoms with Crippen molar-refractivity contribution in [3.63, 3.8) is 0 Å². The first-order valence-electron chi connectivity index (χ1n) is 6.36. The van der Waals surface area contributed by atoms with Gasteiger partial charge in [-0.15, -0.1) is 0 Å². The molecular formula is C16H17NO3. The Morgan fingerprint density at radius 3 is 2.35 bits per heavy atom. The number of benzene rings is 2. The average molecular weight is 271 g/mol. The van der Waals surface area contributed by atoms with Crippen LogP contribution in [0.4, 0.5) is 5.69 Å². The van der Waals surface area contributed by atoms with Crippen molar-refractivity contribution in [3.05, 3.63) is 59.2 Å². The topological polar surface area (TPSA) is 69.6 Å². The molecular weight excluding hydrogens is 254 g/mol. The van der Waals surface area contributed by atoms with Gasteiger partial charge in [-0.05, 0) is 49.2 Å². The van der Waals surface area contributed by atoms with Crippen LogP contribution in [0.1, 0.15) is 34.5 Å². The number of aliphatic hydroxyl groups is 1. The van der Waals surface area contributed by atoms with E-state index in [-0.39, 0.29) is 11.7 Å². The number of aliphatic hydroxyl groups excluding tert-OH is 1. The predicted octanol–water partition coefficient (Wildman–Crippen LogP) is 3.01. The summed E-state index contributed by atoms with van der Waals surface area (Å²) in [6.45, 7) is 3.45. The second kappa shape index (κ2) is 5.75. The molecule has 0 aliphatic heterocycles. The number of carbonyl (C=O) groups is 1. The summed E-state index contributed by atoms with van der Waals surface area (Å²) >= 11 is 0. The van der Waals surface area contributed by atoms with Crippen LogP contribution in [0, 0.1) is 6.92 Å². The van der Waals surface area contributed by atoms with E-state index in [4.69, 9.17) is 0 Å². The molecule has 0 saturated carbocycles. The smallest absolute Gasteiger partial charge is 0.255 e. The third-order valence-electron chi connectivity index (χ3n) is 3.12. The van der Waals surface area contributed by atoms with Gasteiger partial charge >= 0.3 is 0 Å². The van der Waals surface area contributed by atoms with Crippen LogP contribution in [0.25, 0.3) is 0 Å². The van der Waals surface area contributed by atoms with Gasteiger partial charge in [-0.1, -0.05) is 18.2 Å². The Labute approximate surface area is 117 Å². The van der Waals surface area contributed by atoms with Crippen LogP contribution in [0.5, 0.6) is 5.75 Å². The third-order valence-corrected chi connectivity index (χ3v) is 3.12. The van der Waals surface area contributed by atoms with E-state index in [0.29, 0.717) is 11.3 Å². The number of hydrogen-bond acceptors (Lipinski definition) is 3. The third kappa shape index (κ3) is 3.16. The highest BCUT2D eigenvalue weighted by Gasteiger charge is 2.08. The normalized spacial score (nSPS) is 11.9. The molecule has 1 unspecified atom stereocenters. The monoisotopic (exact) mass is 271 g/mol. The highest BCUT2D eigenvalue weighted by atomic mass is 16.3. The molecule has 2 rings (SSSR count). The molecule has 0 heterocycles. The number of aryl methyl sites for hydroxylation is 1. The van der Waals surface area contributed by atoms with Crippen molar-refractivity contribution >= 4 is 11.6 Å². The van der Waals surface area contributed by atoms with Gasteiger partial charge in [0.2, 0.25) is 0 Å². The largest absolute Gasteiger partial charge is 0.508 e. The molecule has 0 bridgehead atoms. The molecule has 0 saturated heterocycles. The highest BCUT2D eigenvalue weighted by molar-refractivity contribution is 6.04. The second-order valence-electron chi connectivity index (χ2n) is 4.75. The quantitative estimate of drug-likeness (QED) is 0.803. The van der Waals surface area contributed by atoms with E-state index in [1.54, 1.807) is 50.2 Å². The molecule has 0 aliphatic rings. The fraction of sp³-hybridized carbons (Fsp3) is 0.188. The SMILES string of the molecule is Cc1ccc(C(=O)Nc2ccc(C(C)O)cc2)cc1O. The standard InChI is InChI=1S/C16H17NO3/c1-10-3-4-13(9-15(10)19)16(20)17-14-7-5-12(6-8-14)11(2)18/h3-9,11,18-19H,1-2H3,(H,17,20). The van der Waals surface area contributed by atoms with Crippen molar-refractivity contribution in [1.82, 2.24) is 0 Å². The van der Waals surface area contributed by atoms with Gasteiger partial charge in [-0.25, -0.2) is 0 Å². The summed E-state index contributed by atoms with van der Waals surface area (Å²) in [6.07, 6.45) is -0.534. The van der Waals surface area contributed by atoms with Gasteiger partial charge in [-0.2, -0.15) is 0 Å². The molecule has 1 atom stereocenters. The number of aromatic hydroxyl groups is 1. The Bertz CT molecular complexity index is 618. The van der Waals surface area contributed by atoms with Crippen molar-refractivity contribution in [2.75, 3.05) is 5.32 Å². The molecule has 4 heteroatoms. The minimum absolute atomic E-state index is 0.0992. The molecule has 1 amide bonds. The van der Waals surface area contributed by atoms with Gasteiger partial charge in [-0.3, -0.25) is 4.79 Å². The molecule has 0 radical (unpaired) electrons. The molecule has 0 spiro atoms. The number of carbonyl (C=O) groups excluding carboxylic acids is 1. The zero-order valence-electron chi connectivity index (χ0n) is 11.4. The summed E-state index contributed by atoms with van der Waals surface area (Å²) in [6, 6.07) is 11.8. The van der Waals surface area contributed by atoms with Crippen molar-refractivity contribution in [2.24, 2.45) is 0 Å². The maximum atomic E-state index is 12.0. The fourth-order valence-corrected chi connectivity index (χ4v) is 1.80. The van der Waals surface area contributed by atoms with Gasteiger partial charge in [0.05, 0.1) is 6.10 Å². The predicted molar refractivity (Wildman–Crippen MR) is 77.9 cm³/mol. The van der Waals surface area contributed by atoms with Gasteiger partial charge in [0.1, 0.15) is 5.75 Å². The molecule has 3 N–H and O–H groups in total. The summed E-state index contributed by atoms with van der Waals surface area (Å²) in [4.78, 5) is 12.0. The Morgan fingerprint density at radius 1 is 1.15 bits per heavy atom. The van der Waals surface area contributed by atoms with E-state index in [9.17, 15) is 15.0 Å². The zero-order valence-corrected chi connectivity index (χ0v) is 11.4. The first kappa shape index (κ1) is 14.1. The van der Waals surface area contributed by atoms with Crippen LogP contribution in [-0.4, -0.2) is 16.1 Å². The lowest BCUT2D eigenvalue weighted by Gasteiger charge is -2.08. The first-order valence-corrected chi connectivity index (χ1v) is 6.36. The van der Waals surface area contributed by atoms with Crippen molar-refractivity contribution < 1.29 is 15.0 Å². The molecule has 20 heavy (non-hydrogen) atoms. The van der Waals surface area contributed by atoms with Crippen molar-refractivity contribution in [1.29, 1.82) is 0 Å². The highest BCUT2D eigenvalue weighted by Crippen LogP contribution is 2.19. The minimum Gasteiger partial charge on any atom is -0.508 e. The van der Waals surface area contributed by atoms with Gasteiger partial charge in [0.25, 0.3) is 5.91 Å². The maximum absolute atomic E-state index is 12.0. The number of phenolic OH excluding ortho intramolecular Hbond substituents is 1. The van der Waals surface area contributed by atoms with Crippen LogP contribution in [0.3, 0.4) is 0 Å². The summed E-state index contributed by atoms with van der Waals surface area (Å²) in [5.41, 5.74) is 2.55. The Hall–Kier alpha value is -2.33. The average Bonchev–Trinajstić information content (AvgIpc) is 2.42. The minimum atomic E-state index is -0.534. The van der Waals surface area contributed by atoms with E-state index in [0.717, 1.165) is 11.1 Å². The van der Waals surface area contributed by atoms with Crippen LogP contribution < -0.4 is 5.32 Å². The van der Waals surface area contributed by atoms with Gasteiger partial charge in [0.15, 0.2) is 0 Å². The van der Waals surface area contributed by atoms with Crippen LogP contribution in [0.2, 0.25) is 0 Å². The van der Waals surface area contributed by atoms with Crippen molar-refractivity contribution in [3.8, 4) is 5.75 Å². The summed E-state index contributed by atoms with van der Waals surface area (Å²) < 4.78 is 0. The summed E-state index contributed by atoms with van der Waals surface area (Å²) in [5, 5.41) is 21.8. The number of anilines is 1. The van der Waals surface area contributed by atoms with E-state index < -0.39 is 6.10 Å². The molecule has 2 aromatic rings. The molecule has 0 aliphatic carbocycles. The molecule has 2 aromatic carbocycles. The van der Waals surface area contributed by atoms with E-state index in [2.05, 4.69) is 5.32 Å². The number of rotatable bonds is 3. The summed E-state index contributed by atoms with van der Waals surface area (Å²) in [5.74, 6) is -0.188. The van der Waals surface area contributed by atoms with Crippen LogP contribution in [-0.2, 0) is 0 Å². The van der Waals surface area contributed by atoms with Crippen LogP contribution in [0.15, 0.2) is 42.5 Å². The Morgan fingerprint density at radius 2 is 1.80 bits per heavy atom. The lowest BCUT2D eigenvalue weighted by molar-refractivity contribution is 0.102. The lowest BCUT2D eigenvalue weighted by atomic mass is 10.1. The van der Waals surface area contributed by atoms with E-state index in [1.807, 2.05) is 0 Å². The number of nitrogens with one attached hydrogen (secondary N) is 1. The number of amides is 1. The second-order valence-corrected chi connectivity index (χ2v) is 4.75. The molecule has 4 nitrogen and oxygen atoms in total. The number of hydrogen-bond donors (Lipinski definition) is 3. The molecule has 0 aromatic heterocycles. The van der Waals surface area contributed by atoms with E-state index in [1.165, 1.54) is 6.07 Å². The molecule has 104 valence electrons. The van der Waals surface area contributed by atoms with Gasteiger partial charge in [0, 0.05) is 11.3 Å². The fourth-order valence-electron chi connectivity index (χ4n) is 1.80. The Kier molecular flexibility index (Phi) is 4.05. The molecule has 0 fully saturated rings. The Balaban J connectivity index is 2.12. The lowest BCUT2D eigenvalue weighted by Crippen LogP contribution is -2.11.